The Labute approximate surface area is 102 Å². The molecule has 17 heavy (non-hydrogen) atoms. The van der Waals surface area contributed by atoms with Gasteiger partial charge in [-0.1, -0.05) is 0 Å². The Morgan fingerprint density at radius 1 is 1.18 bits per heavy atom. The number of nitrogens with zero attached hydrogens (tertiary/aromatic N) is 2. The number of hydrogen-bond donors (Lipinski definition) is 2. The normalized spacial score (nSPS) is 10.6. The smallest absolute Gasteiger partial charge is 0.174 e. The van der Waals surface area contributed by atoms with Gasteiger partial charge >= 0.3 is 0 Å². The van der Waals surface area contributed by atoms with Crippen LogP contribution in [0.3, 0.4) is 0 Å². The van der Waals surface area contributed by atoms with E-state index < -0.39 is 0 Å². The SMILES string of the molecule is CCOC(CNc1cc(NC)ncn1)OCC. The molecule has 1 aromatic rings. The van der Waals surface area contributed by atoms with Gasteiger partial charge in [0.1, 0.15) is 18.0 Å². The van der Waals surface area contributed by atoms with Crippen molar-refractivity contribution >= 4 is 11.6 Å². The maximum Gasteiger partial charge on any atom is 0.174 e. The van der Waals surface area contributed by atoms with E-state index in [4.69, 9.17) is 9.47 Å². The van der Waals surface area contributed by atoms with E-state index in [0.29, 0.717) is 19.8 Å². The Hall–Kier alpha value is -1.40. The summed E-state index contributed by atoms with van der Waals surface area (Å²) in [5.41, 5.74) is 0. The van der Waals surface area contributed by atoms with Crippen LogP contribution in [0.4, 0.5) is 11.6 Å². The van der Waals surface area contributed by atoms with E-state index in [1.165, 1.54) is 6.33 Å². The topological polar surface area (TPSA) is 68.3 Å². The lowest BCUT2D eigenvalue weighted by Gasteiger charge is -2.17. The highest BCUT2D eigenvalue weighted by Crippen LogP contribution is 2.08. The molecule has 0 aliphatic heterocycles. The van der Waals surface area contributed by atoms with Crippen molar-refractivity contribution in [2.45, 2.75) is 20.1 Å². The first kappa shape index (κ1) is 13.7. The number of aromatic nitrogens is 2. The van der Waals surface area contributed by atoms with Crippen LogP contribution in [-0.2, 0) is 9.47 Å². The summed E-state index contributed by atoms with van der Waals surface area (Å²) in [4.78, 5) is 8.14. The number of ether oxygens (including phenoxy) is 2. The van der Waals surface area contributed by atoms with Gasteiger partial charge in [0, 0.05) is 26.3 Å². The minimum Gasteiger partial charge on any atom is -0.373 e. The van der Waals surface area contributed by atoms with Crippen molar-refractivity contribution in [3.05, 3.63) is 12.4 Å². The highest BCUT2D eigenvalue weighted by atomic mass is 16.7. The Balaban J connectivity index is 2.46. The van der Waals surface area contributed by atoms with Gasteiger partial charge in [-0.25, -0.2) is 9.97 Å². The predicted octanol–water partition coefficient (Wildman–Crippen LogP) is 1.33. The average molecular weight is 240 g/mol. The fourth-order valence-electron chi connectivity index (χ4n) is 1.32. The van der Waals surface area contributed by atoms with Crippen LogP contribution in [0, 0.1) is 0 Å². The van der Waals surface area contributed by atoms with E-state index >= 15 is 0 Å². The maximum atomic E-state index is 5.42. The molecule has 0 radical (unpaired) electrons. The Bertz CT molecular complexity index is 316. The standard InChI is InChI=1S/C11H20N4O2/c1-4-16-11(17-5-2)7-13-10-6-9(12-3)14-8-15-10/h6,8,11H,4-5,7H2,1-3H3,(H2,12,13,14,15). The molecule has 1 heterocycles. The van der Waals surface area contributed by atoms with Gasteiger partial charge in [-0.15, -0.1) is 0 Å². The summed E-state index contributed by atoms with van der Waals surface area (Å²) >= 11 is 0. The molecule has 2 N–H and O–H groups in total. The van der Waals surface area contributed by atoms with Crippen LogP contribution in [0.5, 0.6) is 0 Å². The molecule has 6 heteroatoms. The highest BCUT2D eigenvalue weighted by Gasteiger charge is 2.07. The zero-order valence-electron chi connectivity index (χ0n) is 10.6. The molecule has 6 nitrogen and oxygen atoms in total. The van der Waals surface area contributed by atoms with Crippen molar-refractivity contribution in [2.75, 3.05) is 37.4 Å². The molecular formula is C11H20N4O2. The van der Waals surface area contributed by atoms with Crippen LogP contribution in [0.15, 0.2) is 12.4 Å². The molecule has 1 aromatic heterocycles. The fourth-order valence-corrected chi connectivity index (χ4v) is 1.32. The highest BCUT2D eigenvalue weighted by molar-refractivity contribution is 5.45. The van der Waals surface area contributed by atoms with Crippen molar-refractivity contribution in [3.8, 4) is 0 Å². The van der Waals surface area contributed by atoms with Gasteiger partial charge in [0.15, 0.2) is 6.29 Å². The van der Waals surface area contributed by atoms with Crippen molar-refractivity contribution in [1.82, 2.24) is 9.97 Å². The molecule has 1 rings (SSSR count). The summed E-state index contributed by atoms with van der Waals surface area (Å²) in [6, 6.07) is 1.83. The van der Waals surface area contributed by atoms with Crippen LogP contribution in [0.1, 0.15) is 13.8 Å². The second-order valence-corrected chi connectivity index (χ2v) is 3.26. The molecule has 0 aromatic carbocycles. The minimum absolute atomic E-state index is 0.252. The van der Waals surface area contributed by atoms with E-state index in [1.807, 2.05) is 27.0 Å². The van der Waals surface area contributed by atoms with Gasteiger partial charge in [-0.3, -0.25) is 0 Å². The molecule has 0 spiro atoms. The van der Waals surface area contributed by atoms with Crippen molar-refractivity contribution in [2.24, 2.45) is 0 Å². The monoisotopic (exact) mass is 240 g/mol. The van der Waals surface area contributed by atoms with Crippen LogP contribution in [0.2, 0.25) is 0 Å². The van der Waals surface area contributed by atoms with E-state index in [-0.39, 0.29) is 6.29 Å². The first-order chi connectivity index (χ1) is 8.30. The molecule has 0 saturated carbocycles. The second-order valence-electron chi connectivity index (χ2n) is 3.26. The van der Waals surface area contributed by atoms with Gasteiger partial charge < -0.3 is 20.1 Å². The van der Waals surface area contributed by atoms with Gasteiger partial charge in [0.25, 0.3) is 0 Å². The summed E-state index contributed by atoms with van der Waals surface area (Å²) in [7, 11) is 1.81. The van der Waals surface area contributed by atoms with Gasteiger partial charge in [-0.05, 0) is 13.8 Å². The summed E-state index contributed by atoms with van der Waals surface area (Å²) < 4.78 is 10.8. The largest absolute Gasteiger partial charge is 0.373 e. The summed E-state index contributed by atoms with van der Waals surface area (Å²) in [5.74, 6) is 1.51. The maximum absolute atomic E-state index is 5.42. The summed E-state index contributed by atoms with van der Waals surface area (Å²) in [5, 5.41) is 6.10. The number of nitrogens with one attached hydrogen (secondary N) is 2. The quantitative estimate of drug-likeness (QED) is 0.668. The lowest BCUT2D eigenvalue weighted by atomic mass is 10.5. The molecule has 0 atom stereocenters. The lowest BCUT2D eigenvalue weighted by molar-refractivity contribution is -0.126. The molecule has 0 unspecified atom stereocenters. The van der Waals surface area contributed by atoms with E-state index in [1.54, 1.807) is 0 Å². The molecule has 96 valence electrons. The first-order valence-electron chi connectivity index (χ1n) is 5.77. The zero-order valence-corrected chi connectivity index (χ0v) is 10.6. The van der Waals surface area contributed by atoms with Crippen LogP contribution in [0.25, 0.3) is 0 Å². The number of anilines is 2. The number of hydrogen-bond acceptors (Lipinski definition) is 6. The molecule has 0 amide bonds. The van der Waals surface area contributed by atoms with E-state index in [0.717, 1.165) is 11.6 Å². The Morgan fingerprint density at radius 3 is 2.41 bits per heavy atom. The van der Waals surface area contributed by atoms with Crippen LogP contribution < -0.4 is 10.6 Å². The molecule has 0 fully saturated rings. The molecule has 0 aliphatic rings. The lowest BCUT2D eigenvalue weighted by Crippen LogP contribution is -2.26. The predicted molar refractivity (Wildman–Crippen MR) is 67.1 cm³/mol. The molecule has 0 aliphatic carbocycles. The third kappa shape index (κ3) is 4.97. The average Bonchev–Trinajstić information content (AvgIpc) is 2.37. The third-order valence-electron chi connectivity index (χ3n) is 2.08. The van der Waals surface area contributed by atoms with Crippen molar-refractivity contribution in [1.29, 1.82) is 0 Å². The summed E-state index contributed by atoms with van der Waals surface area (Å²) in [6.45, 7) is 5.68. The number of rotatable bonds is 8. The van der Waals surface area contributed by atoms with Gasteiger partial charge in [0.05, 0.1) is 6.54 Å². The Morgan fingerprint density at radius 2 is 1.82 bits per heavy atom. The molecule has 0 saturated heterocycles. The van der Waals surface area contributed by atoms with Crippen molar-refractivity contribution < 1.29 is 9.47 Å². The second kappa shape index (κ2) is 7.81. The molecular weight excluding hydrogens is 220 g/mol. The zero-order chi connectivity index (χ0) is 12.5. The fraction of sp³-hybridized carbons (Fsp3) is 0.636. The van der Waals surface area contributed by atoms with Gasteiger partial charge in [-0.2, -0.15) is 0 Å². The van der Waals surface area contributed by atoms with Crippen LogP contribution in [-0.4, -0.2) is 43.1 Å². The van der Waals surface area contributed by atoms with Crippen LogP contribution >= 0.6 is 0 Å². The summed E-state index contributed by atoms with van der Waals surface area (Å²) in [6.07, 6.45) is 1.25. The third-order valence-corrected chi connectivity index (χ3v) is 2.08. The molecule has 0 bridgehead atoms. The Kier molecular flexibility index (Phi) is 6.27. The minimum atomic E-state index is -0.252. The van der Waals surface area contributed by atoms with Gasteiger partial charge in [0.2, 0.25) is 0 Å². The van der Waals surface area contributed by atoms with Crippen molar-refractivity contribution in [3.63, 3.8) is 0 Å². The first-order valence-corrected chi connectivity index (χ1v) is 5.77. The van der Waals surface area contributed by atoms with E-state index in [9.17, 15) is 0 Å². The van der Waals surface area contributed by atoms with E-state index in [2.05, 4.69) is 20.6 Å².